The van der Waals surface area contributed by atoms with Gasteiger partial charge in [0.1, 0.15) is 5.75 Å². The van der Waals surface area contributed by atoms with Gasteiger partial charge in [-0.15, -0.1) is 0 Å². The molecule has 112 valence electrons. The molecule has 0 saturated heterocycles. The Labute approximate surface area is 112 Å². The van der Waals surface area contributed by atoms with Gasteiger partial charge in [-0.25, -0.2) is 13.2 Å². The molecule has 1 aromatic carbocycles. The van der Waals surface area contributed by atoms with Crippen LogP contribution in [0.4, 0.5) is 13.2 Å². The van der Waals surface area contributed by atoms with Gasteiger partial charge >= 0.3 is 11.5 Å². The molecular weight excluding hydrogens is 301 g/mol. The lowest BCUT2D eigenvalue weighted by molar-refractivity contribution is -0.152. The van der Waals surface area contributed by atoms with Gasteiger partial charge in [-0.05, 0) is 38.1 Å². The molecule has 1 N–H and O–H groups in total. The molecule has 0 bridgehead atoms. The second-order valence-electron chi connectivity index (χ2n) is 4.34. The van der Waals surface area contributed by atoms with E-state index in [4.69, 9.17) is 9.84 Å². The molecule has 5 nitrogen and oxygen atoms in total. The van der Waals surface area contributed by atoms with E-state index in [0.717, 1.165) is 12.1 Å². The van der Waals surface area contributed by atoms with Gasteiger partial charge in [0.25, 0.3) is 9.84 Å². The van der Waals surface area contributed by atoms with E-state index in [2.05, 4.69) is 0 Å². The van der Waals surface area contributed by atoms with Gasteiger partial charge in [-0.1, -0.05) is 0 Å². The minimum atomic E-state index is -5.43. The van der Waals surface area contributed by atoms with Crippen LogP contribution in [0.5, 0.6) is 5.75 Å². The summed E-state index contributed by atoms with van der Waals surface area (Å²) in [7, 11) is -5.43. The third-order valence-electron chi connectivity index (χ3n) is 2.33. The molecule has 0 aromatic heterocycles. The summed E-state index contributed by atoms with van der Waals surface area (Å²) in [5, 5.41) is 8.82. The van der Waals surface area contributed by atoms with E-state index in [1.165, 1.54) is 13.8 Å². The van der Waals surface area contributed by atoms with Crippen molar-refractivity contribution in [1.82, 2.24) is 0 Å². The molecule has 0 atom stereocenters. The highest BCUT2D eigenvalue weighted by Gasteiger charge is 2.46. The maximum Gasteiger partial charge on any atom is 0.501 e. The lowest BCUT2D eigenvalue weighted by Gasteiger charge is -2.21. The Hall–Kier alpha value is -1.77. The largest absolute Gasteiger partial charge is 0.501 e. The fourth-order valence-electron chi connectivity index (χ4n) is 1.16. The zero-order valence-corrected chi connectivity index (χ0v) is 11.2. The average Bonchev–Trinajstić information content (AvgIpc) is 2.27. The standard InChI is InChI=1S/C11H11F3O5S/c1-10(2,9(15)16)19-7-3-5-8(6-4-7)20(17,18)11(12,13)14/h3-6H,1-2H3,(H,15,16). The number of carbonyl (C=O) groups is 1. The molecule has 0 heterocycles. The molecule has 9 heteroatoms. The van der Waals surface area contributed by atoms with Crippen LogP contribution in [-0.4, -0.2) is 30.6 Å². The van der Waals surface area contributed by atoms with Crippen molar-refractivity contribution < 1.29 is 36.2 Å². The minimum absolute atomic E-state index is 0.0569. The molecule has 0 radical (unpaired) electrons. The van der Waals surface area contributed by atoms with Gasteiger partial charge < -0.3 is 9.84 Å². The van der Waals surface area contributed by atoms with Crippen LogP contribution in [0.15, 0.2) is 29.2 Å². The molecule has 0 unspecified atom stereocenters. The van der Waals surface area contributed by atoms with Gasteiger partial charge in [-0.3, -0.25) is 0 Å². The summed E-state index contributed by atoms with van der Waals surface area (Å²) in [6.45, 7) is 2.49. The van der Waals surface area contributed by atoms with E-state index in [9.17, 15) is 26.4 Å². The van der Waals surface area contributed by atoms with E-state index in [0.29, 0.717) is 12.1 Å². The van der Waals surface area contributed by atoms with Crippen LogP contribution in [0.1, 0.15) is 13.8 Å². The number of alkyl halides is 3. The molecule has 0 spiro atoms. The van der Waals surface area contributed by atoms with E-state index in [1.807, 2.05) is 0 Å². The maximum absolute atomic E-state index is 12.3. The van der Waals surface area contributed by atoms with Crippen LogP contribution in [0, 0.1) is 0 Å². The molecule has 1 aromatic rings. The van der Waals surface area contributed by atoms with Crippen LogP contribution in [0.3, 0.4) is 0 Å². The van der Waals surface area contributed by atoms with Crippen molar-refractivity contribution in [2.45, 2.75) is 29.9 Å². The van der Waals surface area contributed by atoms with Crippen LogP contribution >= 0.6 is 0 Å². The normalized spacial score (nSPS) is 13.1. The lowest BCUT2D eigenvalue weighted by atomic mass is 10.1. The molecule has 0 fully saturated rings. The highest BCUT2D eigenvalue weighted by atomic mass is 32.2. The number of carboxylic acids is 1. The Kier molecular flexibility index (Phi) is 4.04. The fourth-order valence-corrected chi connectivity index (χ4v) is 1.92. The molecule has 0 aliphatic carbocycles. The van der Waals surface area contributed by atoms with Crippen molar-refractivity contribution in [2.24, 2.45) is 0 Å². The predicted octanol–water partition coefficient (Wildman–Crippen LogP) is 2.22. The summed E-state index contributed by atoms with van der Waals surface area (Å²) in [5.41, 5.74) is -6.99. The monoisotopic (exact) mass is 312 g/mol. The SMILES string of the molecule is CC(C)(Oc1ccc(S(=O)(=O)C(F)(F)F)cc1)C(=O)O. The topological polar surface area (TPSA) is 80.7 Å². The number of carboxylic acid groups (broad SMARTS) is 1. The molecule has 1 rings (SSSR count). The second-order valence-corrected chi connectivity index (χ2v) is 6.28. The Morgan fingerprint density at radius 3 is 1.95 bits per heavy atom. The van der Waals surface area contributed by atoms with Crippen LogP contribution in [-0.2, 0) is 14.6 Å². The predicted molar refractivity (Wildman–Crippen MR) is 62.0 cm³/mol. The second kappa shape index (κ2) is 4.97. The van der Waals surface area contributed by atoms with Crippen molar-refractivity contribution >= 4 is 15.8 Å². The van der Waals surface area contributed by atoms with Crippen molar-refractivity contribution in [3.63, 3.8) is 0 Å². The first-order valence-corrected chi connectivity index (χ1v) is 6.70. The number of hydrogen-bond acceptors (Lipinski definition) is 4. The average molecular weight is 312 g/mol. The molecule has 0 aliphatic heterocycles. The highest BCUT2D eigenvalue weighted by Crippen LogP contribution is 2.31. The first-order valence-electron chi connectivity index (χ1n) is 5.22. The van der Waals surface area contributed by atoms with Crippen LogP contribution in [0.2, 0.25) is 0 Å². The molecule has 0 saturated carbocycles. The van der Waals surface area contributed by atoms with E-state index >= 15 is 0 Å². The lowest BCUT2D eigenvalue weighted by Crippen LogP contribution is -2.37. The Balaban J connectivity index is 3.05. The van der Waals surface area contributed by atoms with Crippen molar-refractivity contribution in [3.05, 3.63) is 24.3 Å². The van der Waals surface area contributed by atoms with Crippen molar-refractivity contribution in [1.29, 1.82) is 0 Å². The van der Waals surface area contributed by atoms with Crippen LogP contribution in [0.25, 0.3) is 0 Å². The number of sulfone groups is 1. The zero-order valence-electron chi connectivity index (χ0n) is 10.4. The summed E-state index contributed by atoms with van der Waals surface area (Å²) in [4.78, 5) is 9.87. The number of ether oxygens (including phenoxy) is 1. The summed E-state index contributed by atoms with van der Waals surface area (Å²) >= 11 is 0. The summed E-state index contributed by atoms with van der Waals surface area (Å²) in [6.07, 6.45) is 0. The van der Waals surface area contributed by atoms with Gasteiger partial charge in [0.15, 0.2) is 5.60 Å². The van der Waals surface area contributed by atoms with Crippen molar-refractivity contribution in [2.75, 3.05) is 0 Å². The quantitative estimate of drug-likeness (QED) is 0.922. The summed E-state index contributed by atoms with van der Waals surface area (Å²) in [5.74, 6) is -1.33. The van der Waals surface area contributed by atoms with E-state index in [1.54, 1.807) is 0 Å². The Morgan fingerprint density at radius 2 is 1.60 bits per heavy atom. The van der Waals surface area contributed by atoms with E-state index < -0.39 is 31.8 Å². The fraction of sp³-hybridized carbons (Fsp3) is 0.364. The molecule has 20 heavy (non-hydrogen) atoms. The number of benzene rings is 1. The number of halogens is 3. The first kappa shape index (κ1) is 16.3. The summed E-state index contributed by atoms with van der Waals surface area (Å²) < 4.78 is 64.1. The van der Waals surface area contributed by atoms with Gasteiger partial charge in [0.2, 0.25) is 0 Å². The van der Waals surface area contributed by atoms with Gasteiger partial charge in [-0.2, -0.15) is 13.2 Å². The van der Waals surface area contributed by atoms with Gasteiger partial charge in [0, 0.05) is 0 Å². The number of hydrogen-bond donors (Lipinski definition) is 1. The summed E-state index contributed by atoms with van der Waals surface area (Å²) in [6, 6.07) is 3.33. The smallest absolute Gasteiger partial charge is 0.478 e. The molecular formula is C11H11F3O5S. The third kappa shape index (κ3) is 3.21. The van der Waals surface area contributed by atoms with Gasteiger partial charge in [0.05, 0.1) is 4.90 Å². The molecule has 0 amide bonds. The highest BCUT2D eigenvalue weighted by molar-refractivity contribution is 7.92. The van der Waals surface area contributed by atoms with Crippen molar-refractivity contribution in [3.8, 4) is 5.75 Å². The molecule has 0 aliphatic rings. The van der Waals surface area contributed by atoms with Crippen LogP contribution < -0.4 is 4.74 Å². The maximum atomic E-state index is 12.3. The third-order valence-corrected chi connectivity index (χ3v) is 3.83. The zero-order chi connectivity index (χ0) is 15.8. The minimum Gasteiger partial charge on any atom is -0.478 e. The number of aliphatic carboxylic acids is 1. The number of rotatable bonds is 4. The Morgan fingerprint density at radius 1 is 1.15 bits per heavy atom. The Bertz CT molecular complexity index is 602. The van der Waals surface area contributed by atoms with E-state index in [-0.39, 0.29) is 5.75 Å². The first-order chi connectivity index (χ1) is 8.88.